The van der Waals surface area contributed by atoms with Crippen LogP contribution in [0.15, 0.2) is 12.1 Å². The van der Waals surface area contributed by atoms with Crippen molar-refractivity contribution in [2.24, 2.45) is 0 Å². The monoisotopic (exact) mass is 242 g/mol. The van der Waals surface area contributed by atoms with Crippen molar-refractivity contribution in [2.75, 3.05) is 18.5 Å². The van der Waals surface area contributed by atoms with Crippen LogP contribution in [0.2, 0.25) is 0 Å². The number of aliphatic hydroxyl groups excluding tert-OH is 2. The van der Waals surface area contributed by atoms with Crippen LogP contribution in [-0.4, -0.2) is 29.0 Å². The molecule has 0 aliphatic heterocycles. The van der Waals surface area contributed by atoms with Crippen molar-refractivity contribution in [2.45, 2.75) is 12.5 Å². The van der Waals surface area contributed by atoms with Gasteiger partial charge in [-0.25, -0.2) is 8.78 Å². The maximum Gasteiger partial charge on any atom is 0.150 e. The van der Waals surface area contributed by atoms with E-state index in [4.69, 9.17) is 15.5 Å². The van der Waals surface area contributed by atoms with E-state index in [0.29, 0.717) is 0 Å². The van der Waals surface area contributed by atoms with Gasteiger partial charge in [0.15, 0.2) is 11.6 Å². The second-order valence-corrected chi connectivity index (χ2v) is 3.93. The van der Waals surface area contributed by atoms with Gasteiger partial charge in [0.2, 0.25) is 0 Å². The molecular weight excluding hydrogens is 230 g/mol. The van der Waals surface area contributed by atoms with Crippen LogP contribution < -0.4 is 5.32 Å². The summed E-state index contributed by atoms with van der Waals surface area (Å²) in [4.78, 5) is 0. The van der Waals surface area contributed by atoms with Crippen LogP contribution in [0.1, 0.15) is 12.5 Å². The summed E-state index contributed by atoms with van der Waals surface area (Å²) in [5.74, 6) is -1.90. The Kier molecular flexibility index (Phi) is 3.99. The van der Waals surface area contributed by atoms with E-state index in [0.717, 1.165) is 12.1 Å². The topological polar surface area (TPSA) is 76.3 Å². The predicted octanol–water partition coefficient (Wildman–Crippen LogP) is 0.992. The van der Waals surface area contributed by atoms with Gasteiger partial charge in [0.1, 0.15) is 5.69 Å². The maximum absolute atomic E-state index is 13.5. The number of nitrogens with zero attached hydrogens (tertiary/aromatic N) is 1. The van der Waals surface area contributed by atoms with Crippen LogP contribution in [0.4, 0.5) is 14.5 Å². The highest BCUT2D eigenvalue weighted by Gasteiger charge is 2.25. The lowest BCUT2D eigenvalue weighted by Crippen LogP contribution is -2.43. The summed E-state index contributed by atoms with van der Waals surface area (Å²) in [7, 11) is 0. The van der Waals surface area contributed by atoms with Crippen LogP contribution in [0.25, 0.3) is 0 Å². The SMILES string of the molecule is CC(CO)(CO)Nc1c(F)cc(C#N)cc1F. The van der Waals surface area contributed by atoms with Crippen molar-refractivity contribution < 1.29 is 19.0 Å². The molecule has 0 spiro atoms. The van der Waals surface area contributed by atoms with E-state index in [2.05, 4.69) is 5.32 Å². The van der Waals surface area contributed by atoms with E-state index in [1.807, 2.05) is 0 Å². The molecule has 0 aliphatic carbocycles. The molecule has 0 saturated heterocycles. The lowest BCUT2D eigenvalue weighted by molar-refractivity contribution is 0.147. The minimum absolute atomic E-state index is 0.139. The second kappa shape index (κ2) is 5.08. The van der Waals surface area contributed by atoms with Crippen molar-refractivity contribution in [3.8, 4) is 6.07 Å². The third kappa shape index (κ3) is 2.90. The number of hydrogen-bond acceptors (Lipinski definition) is 4. The van der Waals surface area contributed by atoms with E-state index < -0.39 is 36.1 Å². The molecule has 0 aromatic heterocycles. The van der Waals surface area contributed by atoms with Gasteiger partial charge in [-0.05, 0) is 19.1 Å². The highest BCUT2D eigenvalue weighted by Crippen LogP contribution is 2.23. The molecule has 0 bridgehead atoms. The number of nitriles is 1. The molecule has 0 aliphatic rings. The summed E-state index contributed by atoms with van der Waals surface area (Å²) in [5, 5.41) is 28.9. The molecule has 0 amide bonds. The van der Waals surface area contributed by atoms with Gasteiger partial charge in [0.05, 0.1) is 30.4 Å². The third-order valence-corrected chi connectivity index (χ3v) is 2.30. The molecule has 17 heavy (non-hydrogen) atoms. The van der Waals surface area contributed by atoms with Gasteiger partial charge in [-0.1, -0.05) is 0 Å². The summed E-state index contributed by atoms with van der Waals surface area (Å²) in [6, 6.07) is 3.37. The zero-order valence-electron chi connectivity index (χ0n) is 9.17. The zero-order valence-corrected chi connectivity index (χ0v) is 9.17. The summed E-state index contributed by atoms with van der Waals surface area (Å²) in [6.45, 7) is 0.412. The highest BCUT2D eigenvalue weighted by molar-refractivity contribution is 5.52. The van der Waals surface area contributed by atoms with Crippen LogP contribution in [0.3, 0.4) is 0 Å². The highest BCUT2D eigenvalue weighted by atomic mass is 19.1. The lowest BCUT2D eigenvalue weighted by Gasteiger charge is -2.27. The van der Waals surface area contributed by atoms with E-state index in [9.17, 15) is 8.78 Å². The molecule has 3 N–H and O–H groups in total. The fraction of sp³-hybridized carbons (Fsp3) is 0.364. The number of benzene rings is 1. The van der Waals surface area contributed by atoms with Gasteiger partial charge in [0, 0.05) is 0 Å². The molecule has 0 fully saturated rings. The number of anilines is 1. The Morgan fingerprint density at radius 1 is 1.29 bits per heavy atom. The molecule has 1 rings (SSSR count). The largest absolute Gasteiger partial charge is 0.394 e. The average molecular weight is 242 g/mol. The number of hydrogen-bond donors (Lipinski definition) is 3. The van der Waals surface area contributed by atoms with E-state index in [1.54, 1.807) is 6.07 Å². The van der Waals surface area contributed by atoms with E-state index in [1.165, 1.54) is 6.92 Å². The van der Waals surface area contributed by atoms with Gasteiger partial charge in [-0.15, -0.1) is 0 Å². The van der Waals surface area contributed by atoms with E-state index >= 15 is 0 Å². The fourth-order valence-electron chi connectivity index (χ4n) is 1.19. The Hall–Kier alpha value is -1.71. The fourth-order valence-corrected chi connectivity index (χ4v) is 1.19. The number of halogens is 2. The molecule has 4 nitrogen and oxygen atoms in total. The van der Waals surface area contributed by atoms with Crippen molar-refractivity contribution in [3.05, 3.63) is 29.3 Å². The molecule has 0 heterocycles. The normalized spacial score (nSPS) is 11.1. The summed E-state index contributed by atoms with van der Waals surface area (Å²) < 4.78 is 27.0. The van der Waals surface area contributed by atoms with Gasteiger partial charge in [-0.3, -0.25) is 0 Å². The first kappa shape index (κ1) is 13.4. The molecular formula is C11H12F2N2O2. The standard InChI is InChI=1S/C11H12F2N2O2/c1-11(5-16,6-17)15-10-8(12)2-7(4-14)3-9(10)13/h2-3,15-17H,5-6H2,1H3. The summed E-state index contributed by atoms with van der Waals surface area (Å²) >= 11 is 0. The van der Waals surface area contributed by atoms with Crippen molar-refractivity contribution in [1.29, 1.82) is 5.26 Å². The van der Waals surface area contributed by atoms with Crippen molar-refractivity contribution in [3.63, 3.8) is 0 Å². The Morgan fingerprint density at radius 3 is 2.12 bits per heavy atom. The quantitative estimate of drug-likeness (QED) is 0.736. The molecule has 0 atom stereocenters. The Bertz CT molecular complexity index is 430. The number of aliphatic hydroxyl groups is 2. The summed E-state index contributed by atoms with van der Waals surface area (Å²) in [6.07, 6.45) is 0. The number of nitrogens with one attached hydrogen (secondary N) is 1. The molecule has 1 aromatic rings. The molecule has 92 valence electrons. The Balaban J connectivity index is 3.12. The zero-order chi connectivity index (χ0) is 13.1. The smallest absolute Gasteiger partial charge is 0.150 e. The third-order valence-electron chi connectivity index (χ3n) is 2.30. The van der Waals surface area contributed by atoms with Crippen LogP contribution in [0, 0.1) is 23.0 Å². The Morgan fingerprint density at radius 2 is 1.76 bits per heavy atom. The van der Waals surface area contributed by atoms with Crippen LogP contribution >= 0.6 is 0 Å². The van der Waals surface area contributed by atoms with Crippen molar-refractivity contribution in [1.82, 2.24) is 0 Å². The molecule has 6 heteroatoms. The minimum Gasteiger partial charge on any atom is -0.394 e. The Labute approximate surface area is 97.1 Å². The first-order valence-corrected chi connectivity index (χ1v) is 4.85. The van der Waals surface area contributed by atoms with Crippen molar-refractivity contribution >= 4 is 5.69 Å². The first-order valence-electron chi connectivity index (χ1n) is 4.85. The lowest BCUT2D eigenvalue weighted by atomic mass is 10.0. The van der Waals surface area contributed by atoms with Gasteiger partial charge in [0.25, 0.3) is 0 Å². The average Bonchev–Trinajstić information content (AvgIpc) is 2.33. The second-order valence-electron chi connectivity index (χ2n) is 3.93. The van der Waals surface area contributed by atoms with E-state index in [-0.39, 0.29) is 5.56 Å². The molecule has 0 unspecified atom stereocenters. The van der Waals surface area contributed by atoms with Crippen LogP contribution in [-0.2, 0) is 0 Å². The van der Waals surface area contributed by atoms with Crippen LogP contribution in [0.5, 0.6) is 0 Å². The van der Waals surface area contributed by atoms with Gasteiger partial charge >= 0.3 is 0 Å². The summed E-state index contributed by atoms with van der Waals surface area (Å²) in [5.41, 5.74) is -1.86. The predicted molar refractivity (Wildman–Crippen MR) is 57.3 cm³/mol. The first-order chi connectivity index (χ1) is 7.95. The van der Waals surface area contributed by atoms with Gasteiger partial charge in [-0.2, -0.15) is 5.26 Å². The van der Waals surface area contributed by atoms with Gasteiger partial charge < -0.3 is 15.5 Å². The molecule has 0 saturated carbocycles. The maximum atomic E-state index is 13.5. The molecule has 1 aromatic carbocycles. The minimum atomic E-state index is -1.24. The number of rotatable bonds is 4. The molecule has 0 radical (unpaired) electrons.